The normalized spacial score (nSPS) is 12.0. The van der Waals surface area contributed by atoms with Gasteiger partial charge in [-0.15, -0.1) is 0 Å². The average Bonchev–Trinajstić information content (AvgIpc) is 2.37. The number of rotatable bonds is 4. The molecule has 0 aliphatic rings. The third-order valence-electron chi connectivity index (χ3n) is 2.93. The van der Waals surface area contributed by atoms with Crippen LogP contribution in [-0.2, 0) is 0 Å². The van der Waals surface area contributed by atoms with Crippen LogP contribution in [0.1, 0.15) is 29.9 Å². The maximum absolute atomic E-state index is 5.37. The Bertz CT molecular complexity index is 549. The van der Waals surface area contributed by atoms with E-state index in [1.54, 1.807) is 7.11 Å². The van der Waals surface area contributed by atoms with Crippen LogP contribution < -0.4 is 10.1 Å². The second kappa shape index (κ2) is 5.69. The van der Waals surface area contributed by atoms with E-state index in [0.717, 1.165) is 22.7 Å². The van der Waals surface area contributed by atoms with Crippen LogP contribution in [0.4, 0.5) is 5.95 Å². The van der Waals surface area contributed by atoms with E-state index in [4.69, 9.17) is 4.74 Å². The molecule has 2 rings (SSSR count). The van der Waals surface area contributed by atoms with E-state index in [-0.39, 0.29) is 6.04 Å². The van der Waals surface area contributed by atoms with Crippen LogP contribution in [0.3, 0.4) is 0 Å². The van der Waals surface area contributed by atoms with Crippen molar-refractivity contribution in [1.29, 1.82) is 0 Å². The lowest BCUT2D eigenvalue weighted by molar-refractivity contribution is 0.408. The maximum atomic E-state index is 5.37. The molecule has 4 heteroatoms. The average molecular weight is 257 g/mol. The van der Waals surface area contributed by atoms with Crippen LogP contribution in [0.15, 0.2) is 30.3 Å². The Balaban J connectivity index is 2.22. The molecule has 0 unspecified atom stereocenters. The summed E-state index contributed by atoms with van der Waals surface area (Å²) in [7, 11) is 1.68. The van der Waals surface area contributed by atoms with Gasteiger partial charge in [0.1, 0.15) is 5.75 Å². The summed E-state index contributed by atoms with van der Waals surface area (Å²) in [5, 5.41) is 3.31. The predicted molar refractivity (Wildman–Crippen MR) is 76.5 cm³/mol. The minimum atomic E-state index is 0.0809. The Kier molecular flexibility index (Phi) is 4.00. The van der Waals surface area contributed by atoms with Crippen molar-refractivity contribution in [3.8, 4) is 5.75 Å². The first-order valence-electron chi connectivity index (χ1n) is 6.32. The molecule has 2 aromatic rings. The van der Waals surface area contributed by atoms with Gasteiger partial charge in [-0.1, -0.05) is 18.2 Å². The van der Waals surface area contributed by atoms with Crippen molar-refractivity contribution in [2.75, 3.05) is 12.4 Å². The van der Waals surface area contributed by atoms with Crippen LogP contribution >= 0.6 is 0 Å². The molecule has 1 aromatic carbocycles. The highest BCUT2D eigenvalue weighted by Crippen LogP contribution is 2.26. The Morgan fingerprint density at radius 2 is 1.74 bits per heavy atom. The minimum absolute atomic E-state index is 0.0809. The van der Waals surface area contributed by atoms with E-state index in [9.17, 15) is 0 Å². The first kappa shape index (κ1) is 13.3. The highest BCUT2D eigenvalue weighted by atomic mass is 16.5. The third-order valence-corrected chi connectivity index (χ3v) is 2.93. The van der Waals surface area contributed by atoms with E-state index in [0.29, 0.717) is 5.95 Å². The van der Waals surface area contributed by atoms with Crippen molar-refractivity contribution < 1.29 is 4.74 Å². The number of aryl methyl sites for hydroxylation is 2. The molecule has 0 bridgehead atoms. The van der Waals surface area contributed by atoms with Crippen LogP contribution in [0.5, 0.6) is 5.75 Å². The molecule has 0 radical (unpaired) electrons. The highest BCUT2D eigenvalue weighted by Gasteiger charge is 2.12. The van der Waals surface area contributed by atoms with Crippen LogP contribution in [0, 0.1) is 13.8 Å². The van der Waals surface area contributed by atoms with Crippen LogP contribution in [0.25, 0.3) is 0 Å². The fourth-order valence-electron chi connectivity index (χ4n) is 2.09. The Morgan fingerprint density at radius 3 is 2.37 bits per heavy atom. The fraction of sp³-hybridized carbons (Fsp3) is 0.333. The Morgan fingerprint density at radius 1 is 1.11 bits per heavy atom. The molecule has 1 atom stereocenters. The lowest BCUT2D eigenvalue weighted by atomic mass is 10.1. The van der Waals surface area contributed by atoms with Crippen molar-refractivity contribution in [3.63, 3.8) is 0 Å². The molecule has 0 saturated carbocycles. The number of ether oxygens (including phenoxy) is 1. The number of aromatic nitrogens is 2. The van der Waals surface area contributed by atoms with Gasteiger partial charge >= 0.3 is 0 Å². The number of para-hydroxylation sites is 1. The van der Waals surface area contributed by atoms with Gasteiger partial charge in [-0.05, 0) is 32.9 Å². The van der Waals surface area contributed by atoms with Crippen molar-refractivity contribution in [1.82, 2.24) is 9.97 Å². The summed E-state index contributed by atoms with van der Waals surface area (Å²) in [5.41, 5.74) is 3.01. The number of methoxy groups -OCH3 is 1. The lowest BCUT2D eigenvalue weighted by Crippen LogP contribution is -2.11. The molecule has 100 valence electrons. The van der Waals surface area contributed by atoms with Crippen molar-refractivity contribution in [2.24, 2.45) is 0 Å². The van der Waals surface area contributed by atoms with Gasteiger partial charge in [-0.3, -0.25) is 0 Å². The van der Waals surface area contributed by atoms with Gasteiger partial charge in [0.05, 0.1) is 13.2 Å². The largest absolute Gasteiger partial charge is 0.496 e. The maximum Gasteiger partial charge on any atom is 0.223 e. The number of benzene rings is 1. The minimum Gasteiger partial charge on any atom is -0.496 e. The lowest BCUT2D eigenvalue weighted by Gasteiger charge is -2.17. The number of nitrogens with one attached hydrogen (secondary N) is 1. The standard InChI is InChI=1S/C15H19N3O/c1-10-9-11(2)17-15(16-10)18-12(3)13-7-5-6-8-14(13)19-4/h5-9,12H,1-4H3,(H,16,17,18)/t12-/m0/s1. The van der Waals surface area contributed by atoms with Crippen molar-refractivity contribution >= 4 is 5.95 Å². The monoisotopic (exact) mass is 257 g/mol. The van der Waals surface area contributed by atoms with Crippen molar-refractivity contribution in [3.05, 3.63) is 47.3 Å². The SMILES string of the molecule is COc1ccccc1[C@H](C)Nc1nc(C)cc(C)n1. The summed E-state index contributed by atoms with van der Waals surface area (Å²) in [6.07, 6.45) is 0. The Hall–Kier alpha value is -2.10. The van der Waals surface area contributed by atoms with E-state index >= 15 is 0 Å². The molecular weight excluding hydrogens is 238 g/mol. The first-order chi connectivity index (χ1) is 9.10. The van der Waals surface area contributed by atoms with Gasteiger partial charge in [0.25, 0.3) is 0 Å². The zero-order valence-corrected chi connectivity index (χ0v) is 11.8. The van der Waals surface area contributed by atoms with Gasteiger partial charge in [0, 0.05) is 17.0 Å². The second-order valence-corrected chi connectivity index (χ2v) is 4.58. The van der Waals surface area contributed by atoms with E-state index in [1.165, 1.54) is 0 Å². The molecule has 0 saturated heterocycles. The second-order valence-electron chi connectivity index (χ2n) is 4.58. The molecule has 19 heavy (non-hydrogen) atoms. The molecule has 1 N–H and O–H groups in total. The summed E-state index contributed by atoms with van der Waals surface area (Å²) in [4.78, 5) is 8.78. The highest BCUT2D eigenvalue weighted by molar-refractivity contribution is 5.40. The smallest absolute Gasteiger partial charge is 0.223 e. The summed E-state index contributed by atoms with van der Waals surface area (Å²) in [6.45, 7) is 6.00. The fourth-order valence-corrected chi connectivity index (χ4v) is 2.09. The molecule has 1 heterocycles. The van der Waals surface area contributed by atoms with Crippen molar-refractivity contribution in [2.45, 2.75) is 26.8 Å². The molecule has 0 aliphatic heterocycles. The molecule has 4 nitrogen and oxygen atoms in total. The summed E-state index contributed by atoms with van der Waals surface area (Å²) in [6, 6.07) is 9.99. The number of nitrogens with zero attached hydrogens (tertiary/aromatic N) is 2. The van der Waals surface area contributed by atoms with Crippen LogP contribution in [-0.4, -0.2) is 17.1 Å². The zero-order chi connectivity index (χ0) is 13.8. The van der Waals surface area contributed by atoms with Crippen LogP contribution in [0.2, 0.25) is 0 Å². The predicted octanol–water partition coefficient (Wildman–Crippen LogP) is 3.28. The van der Waals surface area contributed by atoms with E-state index in [2.05, 4.69) is 22.2 Å². The quantitative estimate of drug-likeness (QED) is 0.913. The van der Waals surface area contributed by atoms with E-state index < -0.39 is 0 Å². The van der Waals surface area contributed by atoms with Gasteiger partial charge < -0.3 is 10.1 Å². The summed E-state index contributed by atoms with van der Waals surface area (Å²) >= 11 is 0. The molecule has 0 amide bonds. The molecule has 1 aromatic heterocycles. The molecular formula is C15H19N3O. The third kappa shape index (κ3) is 3.22. The number of anilines is 1. The Labute approximate surface area is 113 Å². The van der Waals surface area contributed by atoms with Gasteiger partial charge in [-0.25, -0.2) is 9.97 Å². The van der Waals surface area contributed by atoms with E-state index in [1.807, 2.05) is 44.2 Å². The zero-order valence-electron chi connectivity index (χ0n) is 11.8. The number of hydrogen-bond donors (Lipinski definition) is 1. The summed E-state index contributed by atoms with van der Waals surface area (Å²) in [5.74, 6) is 1.52. The van der Waals surface area contributed by atoms with Gasteiger partial charge in [-0.2, -0.15) is 0 Å². The summed E-state index contributed by atoms with van der Waals surface area (Å²) < 4.78 is 5.37. The number of hydrogen-bond acceptors (Lipinski definition) is 4. The topological polar surface area (TPSA) is 47.0 Å². The van der Waals surface area contributed by atoms with Gasteiger partial charge in [0.2, 0.25) is 5.95 Å². The molecule has 0 spiro atoms. The molecule has 0 fully saturated rings. The van der Waals surface area contributed by atoms with Gasteiger partial charge in [0.15, 0.2) is 0 Å². The first-order valence-corrected chi connectivity index (χ1v) is 6.32. The molecule has 0 aliphatic carbocycles.